The Balaban J connectivity index is 1.01. The standard InChI is InChI=1S/C47H31NSi/c1-4-16-44-39(12-1)40-13-2-5-17-45(40)49(44)46-18-6-3-14-41(46)42-28-27-37(31-47(42)49)35-25-21-33(22-26-35)32-19-23-34(24-20-32)36-10-9-11-38(30-36)43-15-7-8-29-48-43/h1-31H. The first-order valence-electron chi connectivity index (χ1n) is 17.0. The van der Waals surface area contributed by atoms with E-state index in [1.165, 1.54) is 76.4 Å². The second kappa shape index (κ2) is 11.0. The van der Waals surface area contributed by atoms with Crippen molar-refractivity contribution in [2.24, 2.45) is 0 Å². The predicted octanol–water partition coefficient (Wildman–Crippen LogP) is 9.09. The summed E-state index contributed by atoms with van der Waals surface area (Å²) >= 11 is 0. The molecular formula is C47H31NSi. The van der Waals surface area contributed by atoms with E-state index in [-0.39, 0.29) is 0 Å². The smallest absolute Gasteiger partial charge is 0.182 e. The molecule has 0 amide bonds. The minimum absolute atomic E-state index is 0.990. The van der Waals surface area contributed by atoms with Gasteiger partial charge >= 0.3 is 0 Å². The Kier molecular flexibility index (Phi) is 6.27. The van der Waals surface area contributed by atoms with Crippen molar-refractivity contribution in [3.63, 3.8) is 0 Å². The van der Waals surface area contributed by atoms with Crippen LogP contribution in [0.25, 0.3) is 66.9 Å². The van der Waals surface area contributed by atoms with E-state index in [1.54, 1.807) is 0 Å². The van der Waals surface area contributed by atoms with Gasteiger partial charge in [0.2, 0.25) is 0 Å². The molecule has 10 rings (SSSR count). The average Bonchev–Trinajstić information content (AvgIpc) is 3.66. The molecule has 8 aromatic rings. The van der Waals surface area contributed by atoms with Crippen LogP contribution in [0.2, 0.25) is 0 Å². The molecule has 3 heterocycles. The molecule has 0 bridgehead atoms. The van der Waals surface area contributed by atoms with Crippen molar-refractivity contribution >= 4 is 28.8 Å². The van der Waals surface area contributed by atoms with Gasteiger partial charge in [-0.2, -0.15) is 0 Å². The van der Waals surface area contributed by atoms with Gasteiger partial charge < -0.3 is 0 Å². The molecule has 0 fully saturated rings. The SMILES string of the molecule is c1ccc(-c2cccc(-c3ccc(-c4ccc(-c5ccc6c(c5)[Si]5(c7ccccc7-c7ccccc75)c5ccccc5-6)cc4)cc3)c2)nc1. The van der Waals surface area contributed by atoms with Crippen LogP contribution >= 0.6 is 0 Å². The summed E-state index contributed by atoms with van der Waals surface area (Å²) in [6.45, 7) is 0. The van der Waals surface area contributed by atoms with Crippen LogP contribution in [0.5, 0.6) is 0 Å². The Morgan fingerprint density at radius 3 is 1.24 bits per heavy atom. The summed E-state index contributed by atoms with van der Waals surface area (Å²) in [4.78, 5) is 4.53. The fourth-order valence-corrected chi connectivity index (χ4v) is 14.0. The number of hydrogen-bond acceptors (Lipinski definition) is 1. The van der Waals surface area contributed by atoms with Gasteiger partial charge in [0.05, 0.1) is 5.69 Å². The molecule has 2 heteroatoms. The predicted molar refractivity (Wildman–Crippen MR) is 208 cm³/mol. The first kappa shape index (κ1) is 28.0. The molecule has 1 nitrogen and oxygen atoms in total. The summed E-state index contributed by atoms with van der Waals surface area (Å²) in [5.41, 5.74) is 15.0. The fraction of sp³-hybridized carbons (Fsp3) is 0. The van der Waals surface area contributed by atoms with Crippen LogP contribution in [-0.2, 0) is 0 Å². The highest BCUT2D eigenvalue weighted by atomic mass is 28.3. The van der Waals surface area contributed by atoms with E-state index in [9.17, 15) is 0 Å². The normalized spacial score (nSPS) is 13.1. The highest BCUT2D eigenvalue weighted by Crippen LogP contribution is 2.37. The zero-order valence-electron chi connectivity index (χ0n) is 26.8. The van der Waals surface area contributed by atoms with Crippen molar-refractivity contribution < 1.29 is 0 Å². The van der Waals surface area contributed by atoms with Crippen LogP contribution in [0.4, 0.5) is 0 Å². The van der Waals surface area contributed by atoms with Gasteiger partial charge in [-0.25, -0.2) is 0 Å². The Labute approximate surface area is 287 Å². The van der Waals surface area contributed by atoms with Gasteiger partial charge in [0.1, 0.15) is 0 Å². The average molecular weight is 638 g/mol. The van der Waals surface area contributed by atoms with Crippen molar-refractivity contribution in [2.45, 2.75) is 0 Å². The number of fused-ring (bicyclic) bond motifs is 10. The summed E-state index contributed by atoms with van der Waals surface area (Å²) < 4.78 is 0. The molecule has 0 saturated carbocycles. The van der Waals surface area contributed by atoms with Gasteiger partial charge in [-0.15, -0.1) is 0 Å². The first-order valence-corrected chi connectivity index (χ1v) is 19.0. The molecule has 1 spiro atoms. The Hall–Kier alpha value is -6.09. The monoisotopic (exact) mass is 637 g/mol. The third-order valence-corrected chi connectivity index (χ3v) is 15.5. The molecule has 0 N–H and O–H groups in total. The second-order valence-corrected chi connectivity index (χ2v) is 16.8. The summed E-state index contributed by atoms with van der Waals surface area (Å²) in [6.07, 6.45) is 1.84. The summed E-state index contributed by atoms with van der Waals surface area (Å²) in [5, 5.41) is 6.06. The van der Waals surface area contributed by atoms with E-state index in [0.29, 0.717) is 0 Å². The molecule has 2 aliphatic rings. The lowest BCUT2D eigenvalue weighted by Gasteiger charge is -2.28. The molecule has 0 radical (unpaired) electrons. The summed E-state index contributed by atoms with van der Waals surface area (Å²) in [6, 6.07) is 67.3. The van der Waals surface area contributed by atoms with Gasteiger partial charge in [-0.3, -0.25) is 4.98 Å². The minimum atomic E-state index is -2.44. The van der Waals surface area contributed by atoms with E-state index in [4.69, 9.17) is 0 Å². The number of aromatic nitrogens is 1. The maximum atomic E-state index is 4.53. The number of benzene rings is 7. The molecular weight excluding hydrogens is 607 g/mol. The zero-order chi connectivity index (χ0) is 32.4. The van der Waals surface area contributed by atoms with Gasteiger partial charge in [0.15, 0.2) is 8.07 Å². The molecule has 0 aliphatic carbocycles. The third kappa shape index (κ3) is 4.21. The second-order valence-electron chi connectivity index (χ2n) is 13.1. The fourth-order valence-electron chi connectivity index (χ4n) is 8.38. The summed E-state index contributed by atoms with van der Waals surface area (Å²) in [7, 11) is -2.44. The lowest BCUT2D eigenvalue weighted by Crippen LogP contribution is -2.70. The number of nitrogens with zero attached hydrogens (tertiary/aromatic N) is 1. The third-order valence-electron chi connectivity index (χ3n) is 10.6. The maximum absolute atomic E-state index is 4.53. The molecule has 228 valence electrons. The van der Waals surface area contributed by atoms with Crippen LogP contribution < -0.4 is 20.7 Å². The number of pyridine rings is 1. The summed E-state index contributed by atoms with van der Waals surface area (Å²) in [5.74, 6) is 0. The van der Waals surface area contributed by atoms with Crippen LogP contribution in [0.1, 0.15) is 0 Å². The van der Waals surface area contributed by atoms with E-state index < -0.39 is 8.07 Å². The lowest BCUT2D eigenvalue weighted by atomic mass is 9.96. The topological polar surface area (TPSA) is 12.9 Å². The Morgan fingerprint density at radius 1 is 0.286 bits per heavy atom. The lowest BCUT2D eigenvalue weighted by molar-refractivity contribution is 1.33. The minimum Gasteiger partial charge on any atom is -0.256 e. The van der Waals surface area contributed by atoms with Crippen LogP contribution in [0.3, 0.4) is 0 Å². The molecule has 49 heavy (non-hydrogen) atoms. The molecule has 1 aromatic heterocycles. The number of rotatable bonds is 4. The van der Waals surface area contributed by atoms with Crippen molar-refractivity contribution in [1.82, 2.24) is 4.98 Å². The van der Waals surface area contributed by atoms with Gasteiger partial charge in [-0.05, 0) is 94.6 Å². The largest absolute Gasteiger partial charge is 0.256 e. The van der Waals surface area contributed by atoms with E-state index in [0.717, 1.165) is 11.3 Å². The van der Waals surface area contributed by atoms with Gasteiger partial charge in [0, 0.05) is 11.8 Å². The van der Waals surface area contributed by atoms with E-state index in [1.807, 2.05) is 18.3 Å². The molecule has 7 aromatic carbocycles. The van der Waals surface area contributed by atoms with Gasteiger partial charge in [0.25, 0.3) is 0 Å². The molecule has 0 atom stereocenters. The molecule has 0 unspecified atom stereocenters. The quantitative estimate of drug-likeness (QED) is 0.176. The molecule has 2 aliphatic heterocycles. The highest BCUT2D eigenvalue weighted by Gasteiger charge is 2.53. The van der Waals surface area contributed by atoms with E-state index >= 15 is 0 Å². The van der Waals surface area contributed by atoms with Crippen LogP contribution in [0.15, 0.2) is 188 Å². The van der Waals surface area contributed by atoms with Crippen molar-refractivity contribution in [3.8, 4) is 66.9 Å². The van der Waals surface area contributed by atoms with Crippen LogP contribution in [-0.4, -0.2) is 13.1 Å². The van der Waals surface area contributed by atoms with Crippen molar-refractivity contribution in [1.29, 1.82) is 0 Å². The van der Waals surface area contributed by atoms with E-state index in [2.05, 4.69) is 175 Å². The van der Waals surface area contributed by atoms with Gasteiger partial charge in [-0.1, -0.05) is 164 Å². The van der Waals surface area contributed by atoms with Crippen molar-refractivity contribution in [3.05, 3.63) is 188 Å². The zero-order valence-corrected chi connectivity index (χ0v) is 27.8. The van der Waals surface area contributed by atoms with Crippen molar-refractivity contribution in [2.75, 3.05) is 0 Å². The Morgan fingerprint density at radius 2 is 0.714 bits per heavy atom. The maximum Gasteiger partial charge on any atom is 0.182 e. The first-order chi connectivity index (χ1) is 24.3. The molecule has 0 saturated heterocycles. The highest BCUT2D eigenvalue weighted by molar-refractivity contribution is 7.24. The van der Waals surface area contributed by atoms with Crippen LogP contribution in [0, 0.1) is 0 Å². The number of hydrogen-bond donors (Lipinski definition) is 0. The Bertz CT molecular complexity index is 2470.